The van der Waals surface area contributed by atoms with Gasteiger partial charge in [0, 0.05) is 17.6 Å². The molecule has 1 N–H and O–H groups in total. The normalized spacial score (nSPS) is 10.5. The number of rotatable bonds is 9. The van der Waals surface area contributed by atoms with E-state index in [2.05, 4.69) is 5.32 Å². The van der Waals surface area contributed by atoms with Gasteiger partial charge in [0.1, 0.15) is 23.8 Å². The topological polar surface area (TPSA) is 105 Å². The molecule has 3 aromatic rings. The van der Waals surface area contributed by atoms with Crippen molar-refractivity contribution < 1.29 is 28.5 Å². The number of anilines is 1. The molecule has 1 amide bonds. The number of nitrogens with zero attached hydrogens (tertiary/aromatic N) is 1. The van der Waals surface area contributed by atoms with Crippen molar-refractivity contribution in [3.8, 4) is 17.2 Å². The van der Waals surface area contributed by atoms with E-state index in [9.17, 15) is 14.4 Å². The van der Waals surface area contributed by atoms with Gasteiger partial charge in [-0.1, -0.05) is 6.07 Å². The number of carbonyl (C=O) groups is 2. The van der Waals surface area contributed by atoms with Gasteiger partial charge in [-0.3, -0.25) is 9.59 Å². The largest absolute Gasteiger partial charge is 0.497 e. The Bertz CT molecular complexity index is 1190. The maximum atomic E-state index is 12.9. The van der Waals surface area contributed by atoms with E-state index in [1.54, 1.807) is 49.4 Å². The molecule has 0 unspecified atom stereocenters. The Labute approximate surface area is 184 Å². The van der Waals surface area contributed by atoms with Gasteiger partial charge in [-0.25, -0.2) is 4.79 Å². The van der Waals surface area contributed by atoms with E-state index in [1.165, 1.54) is 25.0 Å². The Kier molecular flexibility index (Phi) is 7.33. The number of aromatic nitrogens is 1. The van der Waals surface area contributed by atoms with Gasteiger partial charge in [-0.05, 0) is 37.3 Å². The van der Waals surface area contributed by atoms with Gasteiger partial charge >= 0.3 is 5.97 Å². The van der Waals surface area contributed by atoms with E-state index in [0.717, 1.165) is 0 Å². The van der Waals surface area contributed by atoms with Crippen LogP contribution in [0.1, 0.15) is 6.92 Å². The first-order valence-corrected chi connectivity index (χ1v) is 9.89. The molecule has 0 aliphatic heterocycles. The number of hydrogen-bond acceptors (Lipinski definition) is 7. The number of fused-ring (bicyclic) bond motifs is 1. The maximum absolute atomic E-state index is 12.9. The number of benzene rings is 2. The molecule has 2 aromatic carbocycles. The van der Waals surface area contributed by atoms with Crippen molar-refractivity contribution in [1.29, 1.82) is 0 Å². The third-order valence-electron chi connectivity index (χ3n) is 4.62. The van der Waals surface area contributed by atoms with Gasteiger partial charge in [0.25, 0.3) is 5.56 Å². The molecule has 32 heavy (non-hydrogen) atoms. The number of methoxy groups -OCH3 is 2. The first-order chi connectivity index (χ1) is 15.5. The van der Waals surface area contributed by atoms with Crippen molar-refractivity contribution in [3.05, 3.63) is 59.0 Å². The molecule has 0 spiro atoms. The summed E-state index contributed by atoms with van der Waals surface area (Å²) >= 11 is 0. The van der Waals surface area contributed by atoms with E-state index >= 15 is 0 Å². The van der Waals surface area contributed by atoms with Crippen LogP contribution in [0.25, 0.3) is 10.8 Å². The van der Waals surface area contributed by atoms with E-state index in [0.29, 0.717) is 33.7 Å². The number of hydrogen-bond donors (Lipinski definition) is 1. The lowest BCUT2D eigenvalue weighted by atomic mass is 10.1. The minimum absolute atomic E-state index is 0.205. The van der Waals surface area contributed by atoms with Gasteiger partial charge in [0.2, 0.25) is 5.91 Å². The Hall–Kier alpha value is -4.01. The predicted molar refractivity (Wildman–Crippen MR) is 119 cm³/mol. The lowest BCUT2D eigenvalue weighted by Crippen LogP contribution is -2.27. The number of amides is 1. The molecule has 0 aliphatic carbocycles. The van der Waals surface area contributed by atoms with Crippen LogP contribution in [-0.4, -0.2) is 43.9 Å². The summed E-state index contributed by atoms with van der Waals surface area (Å²) in [7, 11) is 3.01. The first kappa shape index (κ1) is 22.7. The van der Waals surface area contributed by atoms with Crippen molar-refractivity contribution in [3.63, 3.8) is 0 Å². The molecule has 0 radical (unpaired) electrons. The lowest BCUT2D eigenvalue weighted by molar-refractivity contribution is -0.145. The summed E-state index contributed by atoms with van der Waals surface area (Å²) in [4.78, 5) is 37.1. The highest BCUT2D eigenvalue weighted by Crippen LogP contribution is 2.29. The van der Waals surface area contributed by atoms with Crippen molar-refractivity contribution in [2.45, 2.75) is 13.5 Å². The second-order valence-electron chi connectivity index (χ2n) is 6.67. The predicted octanol–water partition coefficient (Wildman–Crippen LogP) is 2.60. The van der Waals surface area contributed by atoms with E-state index in [4.69, 9.17) is 18.9 Å². The van der Waals surface area contributed by atoms with E-state index in [1.807, 2.05) is 0 Å². The second-order valence-corrected chi connectivity index (χ2v) is 6.67. The third-order valence-corrected chi connectivity index (χ3v) is 4.62. The monoisotopic (exact) mass is 440 g/mol. The number of carbonyl (C=O) groups excluding carboxylic acids is 2. The average Bonchev–Trinajstić information content (AvgIpc) is 2.79. The van der Waals surface area contributed by atoms with Gasteiger partial charge in [-0.2, -0.15) is 0 Å². The number of ether oxygens (including phenoxy) is 4. The summed E-state index contributed by atoms with van der Waals surface area (Å²) in [5, 5.41) is 3.63. The summed E-state index contributed by atoms with van der Waals surface area (Å²) in [6.45, 7) is 1.49. The van der Waals surface area contributed by atoms with Crippen LogP contribution in [0.4, 0.5) is 5.69 Å². The summed E-state index contributed by atoms with van der Waals surface area (Å²) in [6, 6.07) is 11.6. The van der Waals surface area contributed by atoms with E-state index < -0.39 is 11.9 Å². The van der Waals surface area contributed by atoms with Crippen molar-refractivity contribution >= 4 is 28.3 Å². The summed E-state index contributed by atoms with van der Waals surface area (Å²) in [5.41, 5.74) is 0.0668. The van der Waals surface area contributed by atoms with Gasteiger partial charge in [-0.15, -0.1) is 0 Å². The minimum atomic E-state index is -0.498. The SMILES string of the molecule is CCOC(=O)COc1cccc2c(=O)n(CC(=O)Nc3cc(OC)ccc3OC)ccc12. The lowest BCUT2D eigenvalue weighted by Gasteiger charge is -2.13. The molecule has 0 bridgehead atoms. The standard InChI is InChI=1S/C23H24N2O7/c1-4-31-22(27)14-32-19-7-5-6-17-16(19)10-11-25(23(17)28)13-21(26)24-18-12-15(29-2)8-9-20(18)30-3/h5-12H,4,13-14H2,1-3H3,(H,24,26). The molecule has 9 heteroatoms. The highest BCUT2D eigenvalue weighted by atomic mass is 16.6. The van der Waals surface area contributed by atoms with Crippen LogP contribution in [0.2, 0.25) is 0 Å². The molecule has 0 saturated heterocycles. The highest BCUT2D eigenvalue weighted by molar-refractivity contribution is 5.93. The van der Waals surface area contributed by atoms with Crippen molar-refractivity contribution in [1.82, 2.24) is 4.57 Å². The molecular formula is C23H24N2O7. The average molecular weight is 440 g/mol. The van der Waals surface area contributed by atoms with Crippen molar-refractivity contribution in [2.24, 2.45) is 0 Å². The molecule has 0 fully saturated rings. The van der Waals surface area contributed by atoms with Crippen LogP contribution in [0.3, 0.4) is 0 Å². The molecule has 1 heterocycles. The fourth-order valence-corrected chi connectivity index (χ4v) is 3.14. The molecule has 1 aromatic heterocycles. The second kappa shape index (κ2) is 10.3. The molecule has 0 saturated carbocycles. The first-order valence-electron chi connectivity index (χ1n) is 9.89. The Morgan fingerprint density at radius 1 is 1.00 bits per heavy atom. The molecule has 3 rings (SSSR count). The van der Waals surface area contributed by atoms with Gasteiger partial charge in [0.15, 0.2) is 6.61 Å². The molecule has 9 nitrogen and oxygen atoms in total. The molecular weight excluding hydrogens is 416 g/mol. The molecule has 0 atom stereocenters. The molecule has 0 aliphatic rings. The zero-order valence-corrected chi connectivity index (χ0v) is 18.0. The van der Waals surface area contributed by atoms with Crippen LogP contribution < -0.4 is 25.1 Å². The summed E-state index contributed by atoms with van der Waals surface area (Å²) in [6.07, 6.45) is 1.50. The number of esters is 1. The third kappa shape index (κ3) is 5.18. The summed E-state index contributed by atoms with van der Waals surface area (Å²) < 4.78 is 22.1. The fourth-order valence-electron chi connectivity index (χ4n) is 3.14. The summed E-state index contributed by atoms with van der Waals surface area (Å²) in [5.74, 6) is 0.494. The highest BCUT2D eigenvalue weighted by Gasteiger charge is 2.13. The van der Waals surface area contributed by atoms with Crippen LogP contribution in [-0.2, 0) is 20.9 Å². The van der Waals surface area contributed by atoms with Crippen LogP contribution in [0.15, 0.2) is 53.5 Å². The number of pyridine rings is 1. The number of nitrogens with one attached hydrogen (secondary N) is 1. The van der Waals surface area contributed by atoms with Gasteiger partial charge < -0.3 is 28.8 Å². The molecule has 168 valence electrons. The zero-order valence-electron chi connectivity index (χ0n) is 18.0. The smallest absolute Gasteiger partial charge is 0.344 e. The Balaban J connectivity index is 1.80. The minimum Gasteiger partial charge on any atom is -0.497 e. The Morgan fingerprint density at radius 3 is 2.53 bits per heavy atom. The zero-order chi connectivity index (χ0) is 23.1. The van der Waals surface area contributed by atoms with Gasteiger partial charge in [0.05, 0.1) is 31.9 Å². The van der Waals surface area contributed by atoms with Crippen LogP contribution in [0, 0.1) is 0 Å². The quantitative estimate of drug-likeness (QED) is 0.510. The van der Waals surface area contributed by atoms with Crippen molar-refractivity contribution in [2.75, 3.05) is 32.8 Å². The van der Waals surface area contributed by atoms with Crippen LogP contribution >= 0.6 is 0 Å². The maximum Gasteiger partial charge on any atom is 0.344 e. The van der Waals surface area contributed by atoms with E-state index in [-0.39, 0.29) is 25.3 Å². The fraction of sp³-hybridized carbons (Fsp3) is 0.261. The van der Waals surface area contributed by atoms with Crippen LogP contribution in [0.5, 0.6) is 17.2 Å². The Morgan fingerprint density at radius 2 is 1.81 bits per heavy atom.